The minimum atomic E-state index is -0.319. The molecule has 0 radical (unpaired) electrons. The molecule has 0 unspecified atom stereocenters. The third kappa shape index (κ3) is 4.03. The lowest BCUT2D eigenvalue weighted by Crippen LogP contribution is -2.14. The number of amides is 1. The predicted octanol–water partition coefficient (Wildman–Crippen LogP) is 4.23. The Morgan fingerprint density at radius 1 is 0.960 bits per heavy atom. The summed E-state index contributed by atoms with van der Waals surface area (Å²) >= 11 is 0. The number of aromatic amines is 1. The Morgan fingerprint density at radius 2 is 1.60 bits per heavy atom. The number of nitrogens with zero attached hydrogens (tertiary/aromatic N) is 2. The van der Waals surface area contributed by atoms with Crippen LogP contribution in [0.2, 0.25) is 0 Å². The number of hydrogen-bond acceptors (Lipinski definition) is 4. The first kappa shape index (κ1) is 16.7. The van der Waals surface area contributed by atoms with E-state index in [1.165, 1.54) is 5.56 Å². The zero-order valence-electron chi connectivity index (χ0n) is 14.5. The SMILES string of the molecule is Cc1ccc(Nc2n[nH]nc2C(=O)Nc2ccc(C(C)C)cc2)cc1. The molecular weight excluding hydrogens is 314 g/mol. The van der Waals surface area contributed by atoms with Crippen molar-refractivity contribution in [2.75, 3.05) is 10.6 Å². The number of carbonyl (C=O) groups excluding carboxylic acids is 1. The van der Waals surface area contributed by atoms with Crippen molar-refractivity contribution in [3.8, 4) is 0 Å². The third-order valence-corrected chi connectivity index (χ3v) is 3.91. The van der Waals surface area contributed by atoms with Crippen molar-refractivity contribution < 1.29 is 4.79 Å². The summed E-state index contributed by atoms with van der Waals surface area (Å²) in [5.74, 6) is 0.520. The van der Waals surface area contributed by atoms with Gasteiger partial charge in [0.2, 0.25) is 0 Å². The van der Waals surface area contributed by atoms with E-state index in [2.05, 4.69) is 39.9 Å². The van der Waals surface area contributed by atoms with Gasteiger partial charge in [-0.1, -0.05) is 43.7 Å². The molecular formula is C19H21N5O. The lowest BCUT2D eigenvalue weighted by atomic mass is 10.0. The smallest absolute Gasteiger partial charge is 0.280 e. The quantitative estimate of drug-likeness (QED) is 0.651. The largest absolute Gasteiger partial charge is 0.337 e. The first-order valence-electron chi connectivity index (χ1n) is 8.18. The number of carbonyl (C=O) groups is 1. The Bertz CT molecular complexity index is 850. The molecule has 0 aliphatic heterocycles. The van der Waals surface area contributed by atoms with E-state index in [1.54, 1.807) is 0 Å². The van der Waals surface area contributed by atoms with Gasteiger partial charge in [-0.25, -0.2) is 0 Å². The number of benzene rings is 2. The van der Waals surface area contributed by atoms with Gasteiger partial charge in [-0.3, -0.25) is 4.79 Å². The van der Waals surface area contributed by atoms with Crippen molar-refractivity contribution in [1.82, 2.24) is 15.4 Å². The number of hydrogen-bond donors (Lipinski definition) is 3. The van der Waals surface area contributed by atoms with Gasteiger partial charge in [-0.15, -0.1) is 10.2 Å². The number of nitrogens with one attached hydrogen (secondary N) is 3. The molecule has 1 heterocycles. The molecule has 2 aromatic carbocycles. The van der Waals surface area contributed by atoms with Crippen LogP contribution in [0.3, 0.4) is 0 Å². The van der Waals surface area contributed by atoms with Crippen LogP contribution >= 0.6 is 0 Å². The number of aromatic nitrogens is 3. The van der Waals surface area contributed by atoms with Gasteiger partial charge in [-0.2, -0.15) is 5.21 Å². The van der Waals surface area contributed by atoms with Gasteiger partial charge in [0, 0.05) is 11.4 Å². The molecule has 0 saturated carbocycles. The predicted molar refractivity (Wildman–Crippen MR) is 99.3 cm³/mol. The zero-order valence-corrected chi connectivity index (χ0v) is 14.5. The minimum Gasteiger partial charge on any atom is -0.337 e. The van der Waals surface area contributed by atoms with Crippen molar-refractivity contribution in [3.63, 3.8) is 0 Å². The topological polar surface area (TPSA) is 82.7 Å². The molecule has 6 heteroatoms. The van der Waals surface area contributed by atoms with Gasteiger partial charge >= 0.3 is 0 Å². The summed E-state index contributed by atoms with van der Waals surface area (Å²) < 4.78 is 0. The maximum atomic E-state index is 12.5. The molecule has 3 rings (SSSR count). The Labute approximate surface area is 146 Å². The highest BCUT2D eigenvalue weighted by molar-refractivity contribution is 6.06. The fourth-order valence-electron chi connectivity index (χ4n) is 2.39. The van der Waals surface area contributed by atoms with Crippen molar-refractivity contribution in [3.05, 3.63) is 65.4 Å². The molecule has 25 heavy (non-hydrogen) atoms. The molecule has 0 atom stereocenters. The first-order chi connectivity index (χ1) is 12.0. The molecule has 1 amide bonds. The molecule has 0 fully saturated rings. The van der Waals surface area contributed by atoms with Crippen molar-refractivity contribution >= 4 is 23.1 Å². The fourth-order valence-corrected chi connectivity index (χ4v) is 2.39. The maximum absolute atomic E-state index is 12.5. The fraction of sp³-hybridized carbons (Fsp3) is 0.211. The summed E-state index contributed by atoms with van der Waals surface area (Å²) in [7, 11) is 0. The normalized spacial score (nSPS) is 10.7. The van der Waals surface area contributed by atoms with Crippen LogP contribution in [0, 0.1) is 6.92 Å². The second kappa shape index (κ2) is 7.17. The van der Waals surface area contributed by atoms with E-state index in [9.17, 15) is 4.79 Å². The van der Waals surface area contributed by atoms with Crippen LogP contribution in [0.5, 0.6) is 0 Å². The molecule has 0 saturated heterocycles. The van der Waals surface area contributed by atoms with Crippen LogP contribution in [0.1, 0.15) is 41.4 Å². The van der Waals surface area contributed by atoms with Crippen LogP contribution in [0.4, 0.5) is 17.2 Å². The average Bonchev–Trinajstić information content (AvgIpc) is 3.05. The van der Waals surface area contributed by atoms with E-state index in [4.69, 9.17) is 0 Å². The first-order valence-corrected chi connectivity index (χ1v) is 8.18. The lowest BCUT2D eigenvalue weighted by Gasteiger charge is -2.08. The summed E-state index contributed by atoms with van der Waals surface area (Å²) in [6.07, 6.45) is 0. The Balaban J connectivity index is 1.72. The number of anilines is 3. The number of rotatable bonds is 5. The van der Waals surface area contributed by atoms with E-state index in [0.29, 0.717) is 11.7 Å². The minimum absolute atomic E-state index is 0.216. The summed E-state index contributed by atoms with van der Waals surface area (Å²) in [6, 6.07) is 15.6. The Hall–Kier alpha value is -3.15. The second-order valence-corrected chi connectivity index (χ2v) is 6.24. The molecule has 0 spiro atoms. The van der Waals surface area contributed by atoms with Crippen LogP contribution in [-0.2, 0) is 0 Å². The van der Waals surface area contributed by atoms with E-state index < -0.39 is 0 Å². The van der Waals surface area contributed by atoms with Gasteiger partial charge in [0.15, 0.2) is 11.5 Å². The van der Waals surface area contributed by atoms with Crippen molar-refractivity contribution in [1.29, 1.82) is 0 Å². The second-order valence-electron chi connectivity index (χ2n) is 6.24. The molecule has 128 valence electrons. The lowest BCUT2D eigenvalue weighted by molar-refractivity contribution is 0.102. The van der Waals surface area contributed by atoms with Crippen molar-refractivity contribution in [2.24, 2.45) is 0 Å². The van der Waals surface area contributed by atoms with E-state index in [0.717, 1.165) is 16.9 Å². The molecule has 0 aliphatic rings. The summed E-state index contributed by atoms with van der Waals surface area (Å²) in [4.78, 5) is 12.5. The Kier molecular flexibility index (Phi) is 4.79. The molecule has 1 aromatic heterocycles. The highest BCUT2D eigenvalue weighted by atomic mass is 16.2. The third-order valence-electron chi connectivity index (χ3n) is 3.91. The van der Waals surface area contributed by atoms with Gasteiger partial charge in [0.05, 0.1) is 0 Å². The molecule has 0 bridgehead atoms. The Morgan fingerprint density at radius 3 is 2.24 bits per heavy atom. The molecule has 6 nitrogen and oxygen atoms in total. The number of aryl methyl sites for hydroxylation is 1. The molecule has 0 aliphatic carbocycles. The summed E-state index contributed by atoms with van der Waals surface area (Å²) in [5, 5.41) is 16.4. The van der Waals surface area contributed by atoms with Crippen LogP contribution < -0.4 is 10.6 Å². The van der Waals surface area contributed by atoms with Crippen LogP contribution in [-0.4, -0.2) is 21.3 Å². The summed E-state index contributed by atoms with van der Waals surface area (Å²) in [5.41, 5.74) is 4.16. The standard InChI is InChI=1S/C19H21N5O/c1-12(2)14-6-10-16(11-7-14)21-19(25)17-18(23-24-22-17)20-15-8-4-13(3)5-9-15/h4-12H,1-3H3,(H,21,25)(H2,20,22,23,24). The van der Waals surface area contributed by atoms with Gasteiger partial charge in [0.1, 0.15) is 0 Å². The highest BCUT2D eigenvalue weighted by Gasteiger charge is 2.17. The number of H-pyrrole nitrogens is 1. The highest BCUT2D eigenvalue weighted by Crippen LogP contribution is 2.20. The van der Waals surface area contributed by atoms with Crippen LogP contribution in [0.25, 0.3) is 0 Å². The summed E-state index contributed by atoms with van der Waals surface area (Å²) in [6.45, 7) is 6.28. The monoisotopic (exact) mass is 335 g/mol. The maximum Gasteiger partial charge on any atom is 0.280 e. The average molecular weight is 335 g/mol. The van der Waals surface area contributed by atoms with Gasteiger partial charge in [-0.05, 0) is 42.7 Å². The van der Waals surface area contributed by atoms with Gasteiger partial charge < -0.3 is 10.6 Å². The van der Waals surface area contributed by atoms with Gasteiger partial charge in [0.25, 0.3) is 5.91 Å². The molecule has 3 aromatic rings. The molecule has 3 N–H and O–H groups in total. The van der Waals surface area contributed by atoms with E-state index >= 15 is 0 Å². The zero-order chi connectivity index (χ0) is 17.8. The van der Waals surface area contributed by atoms with E-state index in [1.807, 2.05) is 55.5 Å². The van der Waals surface area contributed by atoms with Crippen LogP contribution in [0.15, 0.2) is 48.5 Å². The van der Waals surface area contributed by atoms with Crippen molar-refractivity contribution in [2.45, 2.75) is 26.7 Å². The van der Waals surface area contributed by atoms with E-state index in [-0.39, 0.29) is 11.6 Å².